The summed E-state index contributed by atoms with van der Waals surface area (Å²) < 4.78 is 0. The van der Waals surface area contributed by atoms with Crippen molar-refractivity contribution in [1.82, 2.24) is 9.80 Å². The molecule has 2 aliphatic rings. The summed E-state index contributed by atoms with van der Waals surface area (Å²) in [4.78, 5) is 15.5. The third-order valence-corrected chi connectivity index (χ3v) is 4.66. The van der Waals surface area contributed by atoms with Gasteiger partial charge in [-0.25, -0.2) is 0 Å². The van der Waals surface area contributed by atoms with Crippen molar-refractivity contribution in [2.45, 2.75) is 25.4 Å². The van der Waals surface area contributed by atoms with E-state index < -0.39 is 0 Å². The first kappa shape index (κ1) is 13.5. The number of non-ortho nitro benzene ring substituents is 1. The molecule has 0 amide bonds. The highest BCUT2D eigenvalue weighted by Gasteiger charge is 2.37. The molecule has 108 valence electrons. The molecule has 0 N–H and O–H groups in total. The smallest absolute Gasteiger partial charge is 0.269 e. The van der Waals surface area contributed by atoms with Crippen molar-refractivity contribution in [1.29, 1.82) is 0 Å². The van der Waals surface area contributed by atoms with Crippen LogP contribution in [0.2, 0.25) is 0 Å². The minimum atomic E-state index is -0.314. The number of hydrogen-bond donors (Lipinski definition) is 0. The van der Waals surface area contributed by atoms with Gasteiger partial charge >= 0.3 is 0 Å². The average Bonchev–Trinajstić information content (AvgIpc) is 2.81. The second-order valence-electron chi connectivity index (χ2n) is 6.06. The number of nitrogens with zero attached hydrogens (tertiary/aromatic N) is 3. The molecule has 0 radical (unpaired) electrons. The minimum Gasteiger partial charge on any atom is -0.306 e. The Kier molecular flexibility index (Phi) is 3.72. The third kappa shape index (κ3) is 2.69. The topological polar surface area (TPSA) is 49.6 Å². The minimum absolute atomic E-state index is 0.196. The number of piperidine rings is 1. The summed E-state index contributed by atoms with van der Waals surface area (Å²) in [6, 6.07) is 7.71. The normalized spacial score (nSPS) is 27.4. The Hall–Kier alpha value is -1.46. The zero-order chi connectivity index (χ0) is 14.1. The van der Waals surface area contributed by atoms with Crippen molar-refractivity contribution >= 4 is 5.69 Å². The van der Waals surface area contributed by atoms with Crippen LogP contribution in [0.1, 0.15) is 18.4 Å². The first-order valence-electron chi connectivity index (χ1n) is 7.29. The number of nitro groups is 1. The monoisotopic (exact) mass is 275 g/mol. The van der Waals surface area contributed by atoms with Crippen LogP contribution in [0.25, 0.3) is 0 Å². The molecule has 5 heteroatoms. The molecule has 0 bridgehead atoms. The van der Waals surface area contributed by atoms with E-state index in [-0.39, 0.29) is 10.6 Å². The van der Waals surface area contributed by atoms with Gasteiger partial charge in [-0.05, 0) is 44.5 Å². The Morgan fingerprint density at radius 1 is 1.35 bits per heavy atom. The highest BCUT2D eigenvalue weighted by atomic mass is 16.6. The maximum atomic E-state index is 10.8. The average molecular weight is 275 g/mol. The molecule has 2 heterocycles. The third-order valence-electron chi connectivity index (χ3n) is 4.66. The van der Waals surface area contributed by atoms with Crippen LogP contribution in [0.4, 0.5) is 5.69 Å². The molecule has 0 unspecified atom stereocenters. The van der Waals surface area contributed by atoms with Gasteiger partial charge in [-0.3, -0.25) is 15.0 Å². The SMILES string of the molecule is CN1CC[C@H]2[C@H](CCN2Cc2cccc([N+](=O)[O-])c2)C1. The zero-order valence-corrected chi connectivity index (χ0v) is 11.9. The molecular formula is C15H21N3O2. The van der Waals surface area contributed by atoms with E-state index in [2.05, 4.69) is 16.8 Å². The maximum absolute atomic E-state index is 10.8. The van der Waals surface area contributed by atoms with Crippen LogP contribution in [-0.4, -0.2) is 47.4 Å². The number of hydrogen-bond acceptors (Lipinski definition) is 4. The van der Waals surface area contributed by atoms with E-state index in [1.54, 1.807) is 18.2 Å². The molecule has 0 saturated carbocycles. The van der Waals surface area contributed by atoms with Gasteiger partial charge in [0.25, 0.3) is 5.69 Å². The second kappa shape index (κ2) is 5.50. The van der Waals surface area contributed by atoms with Crippen LogP contribution in [-0.2, 0) is 6.54 Å². The Bertz CT molecular complexity index is 506. The summed E-state index contributed by atoms with van der Waals surface area (Å²) in [7, 11) is 2.19. The zero-order valence-electron chi connectivity index (χ0n) is 11.9. The highest BCUT2D eigenvalue weighted by molar-refractivity contribution is 5.34. The van der Waals surface area contributed by atoms with E-state index in [0.29, 0.717) is 6.04 Å². The first-order valence-corrected chi connectivity index (χ1v) is 7.29. The summed E-state index contributed by atoms with van der Waals surface area (Å²) in [5.41, 5.74) is 1.25. The van der Waals surface area contributed by atoms with Gasteiger partial charge < -0.3 is 4.90 Å². The van der Waals surface area contributed by atoms with E-state index in [4.69, 9.17) is 0 Å². The molecule has 1 aromatic rings. The second-order valence-corrected chi connectivity index (χ2v) is 6.06. The van der Waals surface area contributed by atoms with Crippen LogP contribution in [0.15, 0.2) is 24.3 Å². The summed E-state index contributed by atoms with van der Waals surface area (Å²) in [5, 5.41) is 10.8. The van der Waals surface area contributed by atoms with Crippen molar-refractivity contribution in [3.05, 3.63) is 39.9 Å². The summed E-state index contributed by atoms with van der Waals surface area (Å²) in [5.74, 6) is 0.771. The molecule has 0 aromatic heterocycles. The van der Waals surface area contributed by atoms with E-state index >= 15 is 0 Å². The lowest BCUT2D eigenvalue weighted by atomic mass is 9.93. The number of likely N-dealkylation sites (tertiary alicyclic amines) is 2. The lowest BCUT2D eigenvalue weighted by Gasteiger charge is -2.36. The van der Waals surface area contributed by atoms with Crippen molar-refractivity contribution < 1.29 is 4.92 Å². The van der Waals surface area contributed by atoms with Gasteiger partial charge in [0.05, 0.1) is 4.92 Å². The predicted octanol–water partition coefficient (Wildman–Crippen LogP) is 2.12. The highest BCUT2D eigenvalue weighted by Crippen LogP contribution is 2.32. The maximum Gasteiger partial charge on any atom is 0.269 e. The Morgan fingerprint density at radius 3 is 3.00 bits per heavy atom. The molecule has 1 aromatic carbocycles. The van der Waals surface area contributed by atoms with Crippen LogP contribution in [0, 0.1) is 16.0 Å². The van der Waals surface area contributed by atoms with Gasteiger partial charge in [0.2, 0.25) is 0 Å². The molecule has 5 nitrogen and oxygen atoms in total. The van der Waals surface area contributed by atoms with Gasteiger partial charge in [0, 0.05) is 31.3 Å². The molecular weight excluding hydrogens is 254 g/mol. The van der Waals surface area contributed by atoms with E-state index in [9.17, 15) is 10.1 Å². The molecule has 2 atom stereocenters. The van der Waals surface area contributed by atoms with Gasteiger partial charge in [-0.15, -0.1) is 0 Å². The predicted molar refractivity (Wildman–Crippen MR) is 77.5 cm³/mol. The van der Waals surface area contributed by atoms with Gasteiger partial charge in [-0.2, -0.15) is 0 Å². The number of nitro benzene ring substituents is 1. The van der Waals surface area contributed by atoms with Gasteiger partial charge in [-0.1, -0.05) is 12.1 Å². The summed E-state index contributed by atoms with van der Waals surface area (Å²) >= 11 is 0. The first-order chi connectivity index (χ1) is 9.63. The lowest BCUT2D eigenvalue weighted by Crippen LogP contribution is -2.44. The molecule has 3 rings (SSSR count). The molecule has 2 fully saturated rings. The van der Waals surface area contributed by atoms with Crippen LogP contribution < -0.4 is 0 Å². The van der Waals surface area contributed by atoms with Crippen molar-refractivity contribution in [3.63, 3.8) is 0 Å². The van der Waals surface area contributed by atoms with E-state index in [0.717, 1.165) is 31.1 Å². The van der Waals surface area contributed by atoms with Crippen LogP contribution in [0.3, 0.4) is 0 Å². The van der Waals surface area contributed by atoms with Crippen LogP contribution >= 0.6 is 0 Å². The Labute approximate surface area is 119 Å². The van der Waals surface area contributed by atoms with Crippen LogP contribution in [0.5, 0.6) is 0 Å². The fraction of sp³-hybridized carbons (Fsp3) is 0.600. The lowest BCUT2D eigenvalue weighted by molar-refractivity contribution is -0.384. The fourth-order valence-corrected chi connectivity index (χ4v) is 3.66. The molecule has 20 heavy (non-hydrogen) atoms. The number of rotatable bonds is 3. The summed E-state index contributed by atoms with van der Waals surface area (Å²) in [6.45, 7) is 4.31. The van der Waals surface area contributed by atoms with Crippen molar-refractivity contribution in [2.24, 2.45) is 5.92 Å². The van der Waals surface area contributed by atoms with Crippen molar-refractivity contribution in [2.75, 3.05) is 26.7 Å². The fourth-order valence-electron chi connectivity index (χ4n) is 3.66. The van der Waals surface area contributed by atoms with Gasteiger partial charge in [0.15, 0.2) is 0 Å². The summed E-state index contributed by atoms with van der Waals surface area (Å²) in [6.07, 6.45) is 2.47. The molecule has 2 aliphatic heterocycles. The Balaban J connectivity index is 1.69. The molecule has 0 aliphatic carbocycles. The molecule has 2 saturated heterocycles. The molecule has 0 spiro atoms. The quantitative estimate of drug-likeness (QED) is 0.626. The van der Waals surface area contributed by atoms with Gasteiger partial charge in [0.1, 0.15) is 0 Å². The number of benzene rings is 1. The van der Waals surface area contributed by atoms with Crippen molar-refractivity contribution in [3.8, 4) is 0 Å². The number of fused-ring (bicyclic) bond motifs is 1. The Morgan fingerprint density at radius 2 is 2.20 bits per heavy atom. The van der Waals surface area contributed by atoms with E-state index in [1.807, 2.05) is 6.07 Å². The standard InChI is InChI=1S/C15H21N3O2/c1-16-7-6-15-13(11-16)5-8-17(15)10-12-3-2-4-14(9-12)18(19)20/h2-4,9,13,15H,5-8,10-11H2,1H3/t13-,15+/m1/s1. The largest absolute Gasteiger partial charge is 0.306 e. The van der Waals surface area contributed by atoms with E-state index in [1.165, 1.54) is 19.4 Å².